The molecule has 0 saturated heterocycles. The van der Waals surface area contributed by atoms with Crippen LogP contribution in [0.1, 0.15) is 26.5 Å². The number of nitrogens with one attached hydrogen (secondary N) is 1. The van der Waals surface area contributed by atoms with Gasteiger partial charge in [0, 0.05) is 11.9 Å². The summed E-state index contributed by atoms with van der Waals surface area (Å²) in [4.78, 5) is 16.5. The summed E-state index contributed by atoms with van der Waals surface area (Å²) in [5.74, 6) is -0.417. The summed E-state index contributed by atoms with van der Waals surface area (Å²) >= 11 is 0.880. The second kappa shape index (κ2) is 9.04. The smallest absolute Gasteiger partial charge is 0.433 e. The molecule has 0 spiro atoms. The van der Waals surface area contributed by atoms with Gasteiger partial charge in [0.25, 0.3) is 5.91 Å². The zero-order chi connectivity index (χ0) is 22.8. The minimum atomic E-state index is -4.57. The van der Waals surface area contributed by atoms with Crippen LogP contribution in [0.25, 0.3) is 10.2 Å². The number of aryl methyl sites for hydroxylation is 1. The van der Waals surface area contributed by atoms with E-state index in [1.54, 1.807) is 13.0 Å². The van der Waals surface area contributed by atoms with Gasteiger partial charge >= 0.3 is 12.8 Å². The lowest BCUT2D eigenvalue weighted by atomic mass is 10.1. The van der Waals surface area contributed by atoms with E-state index in [-0.39, 0.29) is 27.8 Å². The Morgan fingerprint density at radius 3 is 2.58 bits per heavy atom. The predicted molar refractivity (Wildman–Crippen MR) is 105 cm³/mol. The number of rotatable bonds is 7. The van der Waals surface area contributed by atoms with Gasteiger partial charge < -0.3 is 14.8 Å². The number of halogens is 5. The largest absolute Gasteiger partial charge is 0.493 e. The Morgan fingerprint density at radius 2 is 1.94 bits per heavy atom. The number of benzene rings is 1. The van der Waals surface area contributed by atoms with Crippen LogP contribution < -0.4 is 14.8 Å². The van der Waals surface area contributed by atoms with Crippen molar-refractivity contribution in [2.75, 3.05) is 13.7 Å². The van der Waals surface area contributed by atoms with Gasteiger partial charge in [-0.2, -0.15) is 22.0 Å². The average Bonchev–Trinajstić information content (AvgIpc) is 3.03. The number of pyridine rings is 1. The van der Waals surface area contributed by atoms with Crippen LogP contribution in [0.2, 0.25) is 0 Å². The number of fused-ring (bicyclic) bond motifs is 1. The zero-order valence-corrected chi connectivity index (χ0v) is 17.2. The van der Waals surface area contributed by atoms with E-state index >= 15 is 0 Å². The molecule has 0 aliphatic carbocycles. The molecule has 1 aromatic carbocycles. The van der Waals surface area contributed by atoms with E-state index in [1.807, 2.05) is 0 Å². The monoisotopic (exact) mass is 460 g/mol. The van der Waals surface area contributed by atoms with E-state index in [0.29, 0.717) is 22.9 Å². The molecule has 166 valence electrons. The normalized spacial score (nSPS) is 11.7. The molecule has 1 N–H and O–H groups in total. The van der Waals surface area contributed by atoms with E-state index in [4.69, 9.17) is 4.74 Å². The van der Waals surface area contributed by atoms with Crippen molar-refractivity contribution in [3.05, 3.63) is 52.0 Å². The number of ether oxygens (including phenoxy) is 2. The summed E-state index contributed by atoms with van der Waals surface area (Å²) in [6.45, 7) is -1.19. The van der Waals surface area contributed by atoms with Crippen LogP contribution >= 0.6 is 11.3 Å². The van der Waals surface area contributed by atoms with Crippen LogP contribution in [0.15, 0.2) is 30.3 Å². The molecular formula is C20H17F5N2O3S. The van der Waals surface area contributed by atoms with Crippen LogP contribution in [0.3, 0.4) is 0 Å². The highest BCUT2D eigenvalue weighted by molar-refractivity contribution is 7.20. The van der Waals surface area contributed by atoms with Gasteiger partial charge in [0.1, 0.15) is 10.5 Å². The summed E-state index contributed by atoms with van der Waals surface area (Å²) in [6.07, 6.45) is -4.25. The highest BCUT2D eigenvalue weighted by atomic mass is 32.1. The van der Waals surface area contributed by atoms with Gasteiger partial charge in [-0.3, -0.25) is 4.79 Å². The minimum Gasteiger partial charge on any atom is -0.493 e. The summed E-state index contributed by atoms with van der Waals surface area (Å²) in [6, 6.07) is 6.71. The second-order valence-corrected chi connectivity index (χ2v) is 7.47. The molecule has 0 bridgehead atoms. The van der Waals surface area contributed by atoms with E-state index in [9.17, 15) is 26.7 Å². The van der Waals surface area contributed by atoms with Gasteiger partial charge in [0.15, 0.2) is 11.5 Å². The van der Waals surface area contributed by atoms with Crippen LogP contribution in [-0.4, -0.2) is 31.2 Å². The lowest BCUT2D eigenvalue weighted by molar-refractivity contribution is -0.140. The molecular weight excluding hydrogens is 443 g/mol. The lowest BCUT2D eigenvalue weighted by Crippen LogP contribution is -2.25. The summed E-state index contributed by atoms with van der Waals surface area (Å²) < 4.78 is 73.0. The number of carbonyl (C=O) groups is 1. The molecule has 0 atom stereocenters. The van der Waals surface area contributed by atoms with Crippen LogP contribution in [0.5, 0.6) is 11.5 Å². The average molecular weight is 460 g/mol. The number of aromatic nitrogens is 1. The fourth-order valence-electron chi connectivity index (χ4n) is 2.94. The molecule has 2 aromatic heterocycles. The Kier molecular flexibility index (Phi) is 6.63. The summed E-state index contributed by atoms with van der Waals surface area (Å²) in [5, 5.41) is 3.16. The van der Waals surface area contributed by atoms with Crippen molar-refractivity contribution in [3.63, 3.8) is 0 Å². The molecule has 0 aliphatic heterocycles. The van der Waals surface area contributed by atoms with Gasteiger partial charge in [0.2, 0.25) is 0 Å². The molecule has 5 nitrogen and oxygen atoms in total. The Hall–Kier alpha value is -2.95. The third kappa shape index (κ3) is 5.22. The maximum absolute atomic E-state index is 12.9. The summed E-state index contributed by atoms with van der Waals surface area (Å²) in [5.41, 5.74) is 0.145. The van der Waals surface area contributed by atoms with Gasteiger partial charge in [0.05, 0.1) is 12.0 Å². The molecule has 0 unspecified atom stereocenters. The van der Waals surface area contributed by atoms with Crippen molar-refractivity contribution in [2.45, 2.75) is 26.1 Å². The van der Waals surface area contributed by atoms with Crippen LogP contribution in [0, 0.1) is 6.92 Å². The van der Waals surface area contributed by atoms with Crippen LogP contribution in [-0.2, 0) is 12.6 Å². The predicted octanol–water partition coefficient (Wildman–Crippen LogP) is 5.21. The number of hydrogen-bond acceptors (Lipinski definition) is 5. The van der Waals surface area contributed by atoms with E-state index < -0.39 is 24.4 Å². The third-order valence-electron chi connectivity index (χ3n) is 4.44. The zero-order valence-electron chi connectivity index (χ0n) is 16.3. The Balaban J connectivity index is 1.70. The SMILES string of the molecule is COc1ccc(CCNC(=O)c2sc3nc(C(F)(F)F)ccc3c2C)cc1OC(F)F. The Morgan fingerprint density at radius 1 is 1.19 bits per heavy atom. The van der Waals surface area contributed by atoms with Crippen molar-refractivity contribution in [1.82, 2.24) is 10.3 Å². The van der Waals surface area contributed by atoms with Crippen molar-refractivity contribution in [3.8, 4) is 11.5 Å². The maximum Gasteiger partial charge on any atom is 0.433 e. The van der Waals surface area contributed by atoms with Crippen molar-refractivity contribution >= 4 is 27.5 Å². The number of amides is 1. The number of methoxy groups -OCH3 is 1. The van der Waals surface area contributed by atoms with Gasteiger partial charge in [-0.1, -0.05) is 6.07 Å². The first-order valence-electron chi connectivity index (χ1n) is 8.97. The molecule has 1 amide bonds. The Bertz CT molecular complexity index is 1100. The van der Waals surface area contributed by atoms with E-state index in [0.717, 1.165) is 17.4 Å². The molecule has 0 saturated carbocycles. The van der Waals surface area contributed by atoms with Crippen molar-refractivity contribution in [2.24, 2.45) is 0 Å². The Labute approximate surface area is 177 Å². The van der Waals surface area contributed by atoms with Crippen molar-refractivity contribution < 1.29 is 36.2 Å². The molecule has 3 rings (SSSR count). The molecule has 31 heavy (non-hydrogen) atoms. The fourth-order valence-corrected chi connectivity index (χ4v) is 4.04. The maximum atomic E-state index is 12.9. The molecule has 11 heteroatoms. The number of hydrogen-bond donors (Lipinski definition) is 1. The standard InChI is InChI=1S/C20H17F5N2O3S/c1-10-12-4-6-15(20(23,24)25)27-18(12)31-16(10)17(28)26-8-7-11-3-5-13(29-2)14(9-11)30-19(21)22/h3-6,9,19H,7-8H2,1-2H3,(H,26,28). The van der Waals surface area contributed by atoms with E-state index in [1.165, 1.54) is 25.3 Å². The molecule has 0 aliphatic rings. The molecule has 3 aromatic rings. The number of nitrogens with zero attached hydrogens (tertiary/aromatic N) is 1. The fraction of sp³-hybridized carbons (Fsp3) is 0.300. The van der Waals surface area contributed by atoms with Gasteiger partial charge in [-0.05, 0) is 48.7 Å². The number of carbonyl (C=O) groups excluding carboxylic acids is 1. The first kappa shape index (κ1) is 22.7. The first-order valence-corrected chi connectivity index (χ1v) is 9.79. The molecule has 0 fully saturated rings. The van der Waals surface area contributed by atoms with Crippen molar-refractivity contribution in [1.29, 1.82) is 0 Å². The number of thiophene rings is 1. The van der Waals surface area contributed by atoms with Gasteiger partial charge in [-0.15, -0.1) is 11.3 Å². The second-order valence-electron chi connectivity index (χ2n) is 6.47. The quantitative estimate of drug-likeness (QED) is 0.492. The molecule has 2 heterocycles. The van der Waals surface area contributed by atoms with Crippen LogP contribution in [0.4, 0.5) is 22.0 Å². The summed E-state index contributed by atoms with van der Waals surface area (Å²) in [7, 11) is 1.33. The molecule has 0 radical (unpaired) electrons. The number of alkyl halides is 5. The lowest BCUT2D eigenvalue weighted by Gasteiger charge is -2.12. The topological polar surface area (TPSA) is 60.5 Å². The van der Waals surface area contributed by atoms with Gasteiger partial charge in [-0.25, -0.2) is 4.98 Å². The third-order valence-corrected chi connectivity index (χ3v) is 5.64. The van der Waals surface area contributed by atoms with E-state index in [2.05, 4.69) is 15.0 Å². The highest BCUT2D eigenvalue weighted by Crippen LogP contribution is 2.34. The first-order chi connectivity index (χ1) is 14.6. The highest BCUT2D eigenvalue weighted by Gasteiger charge is 2.33. The minimum absolute atomic E-state index is 0.117.